The summed E-state index contributed by atoms with van der Waals surface area (Å²) in [5.41, 5.74) is 0. The Morgan fingerprint density at radius 2 is 2.25 bits per heavy atom. The molecule has 2 atom stereocenters. The minimum Gasteiger partial charge on any atom is -0.394 e. The molecule has 0 radical (unpaired) electrons. The molecule has 3 nitrogen and oxygen atoms in total. The van der Waals surface area contributed by atoms with E-state index in [1.165, 1.54) is 19.3 Å². The lowest BCUT2D eigenvalue weighted by atomic mass is 9.97. The molecular weight excluding hydrogens is 154 g/mol. The van der Waals surface area contributed by atoms with Crippen LogP contribution >= 0.6 is 0 Å². The monoisotopic (exact) mass is 173 g/mol. The van der Waals surface area contributed by atoms with Gasteiger partial charge in [0, 0.05) is 0 Å². The lowest BCUT2D eigenvalue weighted by Crippen LogP contribution is -2.25. The second kappa shape index (κ2) is 5.51. The topological polar surface area (TPSA) is 52.5 Å². The van der Waals surface area contributed by atoms with E-state index in [0.717, 1.165) is 19.5 Å². The van der Waals surface area contributed by atoms with Crippen molar-refractivity contribution in [2.24, 2.45) is 5.92 Å². The smallest absolute Gasteiger partial charge is 0.0774 e. The maximum atomic E-state index is 9.22. The zero-order valence-electron chi connectivity index (χ0n) is 7.50. The number of aliphatic hydroxyl groups is 2. The predicted molar refractivity (Wildman–Crippen MR) is 47.9 cm³/mol. The molecule has 0 aromatic rings. The van der Waals surface area contributed by atoms with Gasteiger partial charge in [0.2, 0.25) is 0 Å². The Hall–Kier alpha value is -0.120. The molecule has 0 aromatic heterocycles. The molecule has 3 N–H and O–H groups in total. The molecule has 12 heavy (non-hydrogen) atoms. The quantitative estimate of drug-likeness (QED) is 0.568. The molecular formula is C9H19NO2. The molecule has 0 aliphatic carbocycles. The van der Waals surface area contributed by atoms with E-state index in [0.29, 0.717) is 5.92 Å². The van der Waals surface area contributed by atoms with Gasteiger partial charge in [0.05, 0.1) is 12.7 Å². The van der Waals surface area contributed by atoms with Crippen molar-refractivity contribution in [3.63, 3.8) is 0 Å². The highest BCUT2D eigenvalue weighted by atomic mass is 16.3. The summed E-state index contributed by atoms with van der Waals surface area (Å²) in [4.78, 5) is 0. The van der Waals surface area contributed by atoms with Crippen LogP contribution in [0, 0.1) is 5.92 Å². The van der Waals surface area contributed by atoms with E-state index < -0.39 is 6.10 Å². The van der Waals surface area contributed by atoms with Crippen LogP contribution in [0.15, 0.2) is 0 Å². The molecule has 1 saturated heterocycles. The number of nitrogens with one attached hydrogen (secondary N) is 1. The second-order valence-electron chi connectivity index (χ2n) is 3.64. The highest BCUT2D eigenvalue weighted by molar-refractivity contribution is 4.70. The van der Waals surface area contributed by atoms with Crippen LogP contribution in [-0.2, 0) is 0 Å². The Labute approximate surface area is 73.8 Å². The number of aliphatic hydroxyl groups excluding tert-OH is 2. The van der Waals surface area contributed by atoms with Crippen molar-refractivity contribution in [3.8, 4) is 0 Å². The average molecular weight is 173 g/mol. The Kier molecular flexibility index (Phi) is 4.58. The first-order valence-corrected chi connectivity index (χ1v) is 4.82. The van der Waals surface area contributed by atoms with E-state index in [4.69, 9.17) is 5.11 Å². The van der Waals surface area contributed by atoms with Gasteiger partial charge in [-0.3, -0.25) is 0 Å². The van der Waals surface area contributed by atoms with Gasteiger partial charge < -0.3 is 15.5 Å². The van der Waals surface area contributed by atoms with Gasteiger partial charge in [-0.25, -0.2) is 0 Å². The molecule has 0 aromatic carbocycles. The van der Waals surface area contributed by atoms with Gasteiger partial charge in [0.1, 0.15) is 0 Å². The van der Waals surface area contributed by atoms with Gasteiger partial charge in [-0.15, -0.1) is 0 Å². The predicted octanol–water partition coefficient (Wildman–Crippen LogP) is 0.119. The van der Waals surface area contributed by atoms with Gasteiger partial charge in [0.25, 0.3) is 0 Å². The number of rotatable bonds is 3. The van der Waals surface area contributed by atoms with E-state index in [-0.39, 0.29) is 6.61 Å². The van der Waals surface area contributed by atoms with Crippen molar-refractivity contribution in [2.45, 2.75) is 31.8 Å². The average Bonchev–Trinajstić information content (AvgIpc) is 2.33. The molecule has 0 amide bonds. The lowest BCUT2D eigenvalue weighted by Gasteiger charge is -2.16. The third kappa shape index (κ3) is 3.52. The summed E-state index contributed by atoms with van der Waals surface area (Å²) >= 11 is 0. The zero-order valence-corrected chi connectivity index (χ0v) is 7.50. The van der Waals surface area contributed by atoms with Crippen LogP contribution in [0.2, 0.25) is 0 Å². The van der Waals surface area contributed by atoms with Gasteiger partial charge >= 0.3 is 0 Å². The normalized spacial score (nSPS) is 28.0. The molecule has 1 heterocycles. The van der Waals surface area contributed by atoms with E-state index in [1.807, 2.05) is 0 Å². The van der Waals surface area contributed by atoms with Crippen LogP contribution in [0.1, 0.15) is 25.7 Å². The lowest BCUT2D eigenvalue weighted by molar-refractivity contribution is 0.0733. The van der Waals surface area contributed by atoms with E-state index in [9.17, 15) is 5.11 Å². The Balaban J connectivity index is 2.20. The SMILES string of the molecule is OCC(O)CC1CCCCNC1. The van der Waals surface area contributed by atoms with Crippen molar-refractivity contribution in [1.29, 1.82) is 0 Å². The molecule has 72 valence electrons. The molecule has 0 saturated carbocycles. The minimum atomic E-state index is -0.519. The van der Waals surface area contributed by atoms with E-state index >= 15 is 0 Å². The van der Waals surface area contributed by atoms with Crippen molar-refractivity contribution in [3.05, 3.63) is 0 Å². The largest absolute Gasteiger partial charge is 0.394 e. The van der Waals surface area contributed by atoms with Crippen LogP contribution < -0.4 is 5.32 Å². The summed E-state index contributed by atoms with van der Waals surface area (Å²) in [5.74, 6) is 0.551. The molecule has 1 aliphatic rings. The number of hydrogen-bond donors (Lipinski definition) is 3. The Bertz CT molecular complexity index is 111. The summed E-state index contributed by atoms with van der Waals surface area (Å²) in [7, 11) is 0. The standard InChI is InChI=1S/C9H19NO2/c11-7-9(12)5-8-3-1-2-4-10-6-8/h8-12H,1-7H2. The van der Waals surface area contributed by atoms with Gasteiger partial charge in [-0.05, 0) is 38.3 Å². The van der Waals surface area contributed by atoms with Gasteiger partial charge in [0.15, 0.2) is 0 Å². The molecule has 2 unspecified atom stereocenters. The molecule has 0 bridgehead atoms. The third-order valence-corrected chi connectivity index (χ3v) is 2.47. The molecule has 1 aliphatic heterocycles. The summed E-state index contributed by atoms with van der Waals surface area (Å²) in [6, 6.07) is 0. The summed E-state index contributed by atoms with van der Waals surface area (Å²) in [5, 5.41) is 21.2. The van der Waals surface area contributed by atoms with Gasteiger partial charge in [-0.1, -0.05) is 6.42 Å². The highest BCUT2D eigenvalue weighted by Gasteiger charge is 2.15. The third-order valence-electron chi connectivity index (χ3n) is 2.47. The minimum absolute atomic E-state index is 0.101. The van der Waals surface area contributed by atoms with Crippen LogP contribution in [0.5, 0.6) is 0 Å². The zero-order chi connectivity index (χ0) is 8.81. The van der Waals surface area contributed by atoms with Crippen LogP contribution in [0.4, 0.5) is 0 Å². The fourth-order valence-electron chi connectivity index (χ4n) is 1.75. The van der Waals surface area contributed by atoms with Crippen molar-refractivity contribution in [2.75, 3.05) is 19.7 Å². The Morgan fingerprint density at radius 1 is 1.42 bits per heavy atom. The maximum absolute atomic E-state index is 9.22. The first-order valence-electron chi connectivity index (χ1n) is 4.82. The molecule has 0 spiro atoms. The molecule has 3 heteroatoms. The summed E-state index contributed by atoms with van der Waals surface area (Å²) in [6.45, 7) is 2.00. The number of hydrogen-bond acceptors (Lipinski definition) is 3. The maximum Gasteiger partial charge on any atom is 0.0774 e. The summed E-state index contributed by atoms with van der Waals surface area (Å²) in [6.07, 6.45) is 3.89. The van der Waals surface area contributed by atoms with E-state index in [1.54, 1.807) is 0 Å². The molecule has 1 fully saturated rings. The van der Waals surface area contributed by atoms with E-state index in [2.05, 4.69) is 5.32 Å². The first kappa shape index (κ1) is 9.96. The first-order chi connectivity index (χ1) is 5.83. The van der Waals surface area contributed by atoms with Crippen LogP contribution in [0.3, 0.4) is 0 Å². The van der Waals surface area contributed by atoms with Crippen molar-refractivity contribution >= 4 is 0 Å². The van der Waals surface area contributed by atoms with Crippen molar-refractivity contribution < 1.29 is 10.2 Å². The fourth-order valence-corrected chi connectivity index (χ4v) is 1.75. The second-order valence-corrected chi connectivity index (χ2v) is 3.64. The Morgan fingerprint density at radius 3 is 3.00 bits per heavy atom. The highest BCUT2D eigenvalue weighted by Crippen LogP contribution is 2.16. The van der Waals surface area contributed by atoms with Gasteiger partial charge in [-0.2, -0.15) is 0 Å². The summed E-state index contributed by atoms with van der Waals surface area (Å²) < 4.78 is 0. The molecule has 1 rings (SSSR count). The fraction of sp³-hybridized carbons (Fsp3) is 1.00. The van der Waals surface area contributed by atoms with Crippen LogP contribution in [0.25, 0.3) is 0 Å². The van der Waals surface area contributed by atoms with Crippen LogP contribution in [-0.4, -0.2) is 36.0 Å². The van der Waals surface area contributed by atoms with Crippen molar-refractivity contribution in [1.82, 2.24) is 5.32 Å².